The van der Waals surface area contributed by atoms with Gasteiger partial charge in [0.2, 0.25) is 0 Å². The minimum absolute atomic E-state index is 0.253. The highest BCUT2D eigenvalue weighted by Crippen LogP contribution is 2.18. The van der Waals surface area contributed by atoms with Crippen LogP contribution in [0.2, 0.25) is 19.1 Å². The maximum atomic E-state index is 11.7. The Morgan fingerprint density at radius 2 is 2.22 bits per heavy atom. The monoisotopic (exact) mass is 328 g/mol. The molecule has 0 spiro atoms. The van der Waals surface area contributed by atoms with Crippen molar-refractivity contribution in [2.45, 2.75) is 25.9 Å². The van der Waals surface area contributed by atoms with Gasteiger partial charge in [-0.3, -0.25) is 0 Å². The number of oxazole rings is 1. The molecule has 0 N–H and O–H groups in total. The second-order valence-electron chi connectivity index (χ2n) is 4.40. The summed E-state index contributed by atoms with van der Waals surface area (Å²) < 4.78 is 13.1. The van der Waals surface area contributed by atoms with E-state index in [2.05, 4.69) is 29.0 Å². The predicted molar refractivity (Wildman–Crippen MR) is 76.4 cm³/mol. The first-order valence-corrected chi connectivity index (χ1v) is 9.23. The van der Waals surface area contributed by atoms with Gasteiger partial charge < -0.3 is 9.15 Å². The molecule has 0 amide bonds. The summed E-state index contributed by atoms with van der Waals surface area (Å²) in [7, 11) is -0.275. The Bertz CT molecular complexity index is 591. The fourth-order valence-corrected chi connectivity index (χ4v) is 2.49. The standard InChI is InChI=1S/C12H15BrNO3Si/c1-18(2)6-5-16-8-14-10-4-3-9(13)7-11(10)17-12(14)15/h3-4,7H,5-6,8H2,1-2H3. The van der Waals surface area contributed by atoms with Gasteiger partial charge >= 0.3 is 5.76 Å². The van der Waals surface area contributed by atoms with Gasteiger partial charge in [0, 0.05) is 19.9 Å². The molecule has 4 nitrogen and oxygen atoms in total. The Labute approximate surface area is 115 Å². The number of hydrogen-bond acceptors (Lipinski definition) is 3. The third-order valence-corrected chi connectivity index (χ3v) is 4.29. The van der Waals surface area contributed by atoms with Gasteiger partial charge in [0.1, 0.15) is 6.73 Å². The van der Waals surface area contributed by atoms with Crippen LogP contribution in [0.4, 0.5) is 0 Å². The molecule has 97 valence electrons. The molecule has 1 radical (unpaired) electrons. The first-order chi connectivity index (χ1) is 8.58. The Morgan fingerprint density at radius 1 is 1.44 bits per heavy atom. The number of aromatic nitrogens is 1. The van der Waals surface area contributed by atoms with E-state index in [1.165, 1.54) is 4.57 Å². The molecular weight excluding hydrogens is 314 g/mol. The largest absolute Gasteiger partial charge is 0.421 e. The van der Waals surface area contributed by atoms with E-state index in [9.17, 15) is 4.79 Å². The van der Waals surface area contributed by atoms with Crippen LogP contribution in [-0.4, -0.2) is 20.0 Å². The summed E-state index contributed by atoms with van der Waals surface area (Å²) in [4.78, 5) is 11.7. The van der Waals surface area contributed by atoms with Gasteiger partial charge in [-0.25, -0.2) is 9.36 Å². The third kappa shape index (κ3) is 3.12. The molecule has 0 aliphatic heterocycles. The summed E-state index contributed by atoms with van der Waals surface area (Å²) in [5.74, 6) is -0.373. The highest BCUT2D eigenvalue weighted by molar-refractivity contribution is 9.10. The molecule has 0 bridgehead atoms. The molecule has 2 rings (SSSR count). The summed E-state index contributed by atoms with van der Waals surface area (Å²) in [6, 6.07) is 6.60. The van der Waals surface area contributed by atoms with E-state index in [1.54, 1.807) is 6.07 Å². The number of rotatable bonds is 5. The molecule has 18 heavy (non-hydrogen) atoms. The highest BCUT2D eigenvalue weighted by Gasteiger charge is 2.09. The van der Waals surface area contributed by atoms with Gasteiger partial charge in [0.05, 0.1) is 5.52 Å². The maximum Gasteiger partial charge on any atom is 0.421 e. The molecule has 6 heteroatoms. The first kappa shape index (κ1) is 13.6. The molecule has 1 aromatic heterocycles. The van der Waals surface area contributed by atoms with E-state index >= 15 is 0 Å². The van der Waals surface area contributed by atoms with Crippen molar-refractivity contribution in [2.75, 3.05) is 6.61 Å². The number of nitrogens with zero attached hydrogens (tertiary/aromatic N) is 1. The van der Waals surface area contributed by atoms with Crippen molar-refractivity contribution in [3.8, 4) is 0 Å². The van der Waals surface area contributed by atoms with Crippen molar-refractivity contribution >= 4 is 35.8 Å². The van der Waals surface area contributed by atoms with Gasteiger partial charge in [-0.15, -0.1) is 0 Å². The number of fused-ring (bicyclic) bond motifs is 1. The second kappa shape index (κ2) is 5.86. The third-order valence-electron chi connectivity index (χ3n) is 2.60. The van der Waals surface area contributed by atoms with Gasteiger partial charge in [-0.1, -0.05) is 29.0 Å². The van der Waals surface area contributed by atoms with Crippen LogP contribution in [-0.2, 0) is 11.5 Å². The number of halogens is 1. The zero-order chi connectivity index (χ0) is 13.1. The van der Waals surface area contributed by atoms with E-state index in [4.69, 9.17) is 9.15 Å². The van der Waals surface area contributed by atoms with Crippen molar-refractivity contribution < 1.29 is 9.15 Å². The summed E-state index contributed by atoms with van der Waals surface area (Å²) >= 11 is 3.35. The van der Waals surface area contributed by atoms with E-state index in [1.807, 2.05) is 12.1 Å². The quantitative estimate of drug-likeness (QED) is 0.625. The summed E-state index contributed by atoms with van der Waals surface area (Å²) in [5.41, 5.74) is 1.34. The van der Waals surface area contributed by atoms with Crippen LogP contribution in [0.3, 0.4) is 0 Å². The van der Waals surface area contributed by atoms with Gasteiger partial charge in [0.15, 0.2) is 5.58 Å². The fraction of sp³-hybridized carbons (Fsp3) is 0.417. The first-order valence-electron chi connectivity index (χ1n) is 5.73. The molecule has 0 saturated heterocycles. The van der Waals surface area contributed by atoms with Crippen molar-refractivity contribution in [1.82, 2.24) is 4.57 Å². The van der Waals surface area contributed by atoms with Crippen molar-refractivity contribution in [3.05, 3.63) is 33.2 Å². The normalized spacial score (nSPS) is 11.6. The highest BCUT2D eigenvalue weighted by atomic mass is 79.9. The molecule has 0 unspecified atom stereocenters. The zero-order valence-electron chi connectivity index (χ0n) is 10.4. The van der Waals surface area contributed by atoms with Crippen molar-refractivity contribution in [3.63, 3.8) is 0 Å². The van der Waals surface area contributed by atoms with Gasteiger partial charge in [-0.05, 0) is 24.2 Å². The lowest BCUT2D eigenvalue weighted by Gasteiger charge is -2.05. The lowest BCUT2D eigenvalue weighted by molar-refractivity contribution is 0.0854. The van der Waals surface area contributed by atoms with Crippen LogP contribution in [0.1, 0.15) is 0 Å². The average Bonchev–Trinajstić information content (AvgIpc) is 2.59. The molecule has 0 fully saturated rings. The van der Waals surface area contributed by atoms with Crippen molar-refractivity contribution in [1.29, 1.82) is 0 Å². The van der Waals surface area contributed by atoms with Crippen LogP contribution in [0, 0.1) is 0 Å². The number of ether oxygens (including phenoxy) is 1. The second-order valence-corrected chi connectivity index (χ2v) is 8.23. The van der Waals surface area contributed by atoms with Crippen LogP contribution in [0.25, 0.3) is 11.1 Å². The minimum atomic E-state index is -0.373. The summed E-state index contributed by atoms with van der Waals surface area (Å²) in [5, 5.41) is 0. The Morgan fingerprint density at radius 3 is 2.94 bits per heavy atom. The predicted octanol–water partition coefficient (Wildman–Crippen LogP) is 3.09. The number of hydrogen-bond donors (Lipinski definition) is 0. The summed E-state index contributed by atoms with van der Waals surface area (Å²) in [6.45, 7) is 5.43. The molecule has 1 aromatic carbocycles. The Balaban J connectivity index is 2.13. The Hall–Kier alpha value is -0.853. The van der Waals surface area contributed by atoms with Gasteiger partial charge in [-0.2, -0.15) is 0 Å². The van der Waals surface area contributed by atoms with Crippen molar-refractivity contribution in [2.24, 2.45) is 0 Å². The smallest absolute Gasteiger partial charge is 0.408 e. The van der Waals surface area contributed by atoms with E-state index < -0.39 is 0 Å². The molecule has 2 aromatic rings. The molecule has 0 aliphatic rings. The molecule has 1 heterocycles. The lowest BCUT2D eigenvalue weighted by atomic mass is 10.3. The Kier molecular flexibility index (Phi) is 4.42. The molecule has 0 aliphatic carbocycles. The van der Waals surface area contributed by atoms with Crippen LogP contribution < -0.4 is 5.76 Å². The molecule has 0 saturated carbocycles. The lowest BCUT2D eigenvalue weighted by Crippen LogP contribution is -2.17. The average molecular weight is 329 g/mol. The SMILES string of the molecule is C[Si](C)CCOCn1c(=O)oc2cc(Br)ccc21. The van der Waals surface area contributed by atoms with E-state index in [0.717, 1.165) is 16.0 Å². The fourth-order valence-electron chi connectivity index (χ4n) is 1.59. The zero-order valence-corrected chi connectivity index (χ0v) is 13.0. The molecular formula is C12H15BrNO3Si. The van der Waals surface area contributed by atoms with E-state index in [-0.39, 0.29) is 21.3 Å². The minimum Gasteiger partial charge on any atom is -0.408 e. The van der Waals surface area contributed by atoms with Crippen LogP contribution in [0.5, 0.6) is 0 Å². The van der Waals surface area contributed by atoms with Crippen LogP contribution in [0.15, 0.2) is 31.9 Å². The number of benzene rings is 1. The van der Waals surface area contributed by atoms with E-state index in [0.29, 0.717) is 12.2 Å². The van der Waals surface area contributed by atoms with Crippen LogP contribution >= 0.6 is 15.9 Å². The molecule has 0 atom stereocenters. The van der Waals surface area contributed by atoms with Gasteiger partial charge in [0.25, 0.3) is 0 Å². The summed E-state index contributed by atoms with van der Waals surface area (Å²) in [6.07, 6.45) is 0. The maximum absolute atomic E-state index is 11.7. The topological polar surface area (TPSA) is 44.4 Å².